The molecular weight excluding hydrogens is 302 g/mol. The van der Waals surface area contributed by atoms with Crippen LogP contribution in [0.2, 0.25) is 0 Å². The van der Waals surface area contributed by atoms with Crippen LogP contribution in [0, 0.1) is 6.92 Å². The van der Waals surface area contributed by atoms with Crippen molar-refractivity contribution in [2.75, 3.05) is 19.5 Å². The molecule has 0 bridgehead atoms. The fraction of sp³-hybridized carbons (Fsp3) is 0.250. The summed E-state index contributed by atoms with van der Waals surface area (Å²) >= 11 is 0. The maximum absolute atomic E-state index is 12.3. The van der Waals surface area contributed by atoms with E-state index < -0.39 is 0 Å². The lowest BCUT2D eigenvalue weighted by molar-refractivity contribution is -0.111. The maximum Gasteiger partial charge on any atom is 0.248 e. The number of rotatable bonds is 6. The molecule has 2 rings (SSSR count). The summed E-state index contributed by atoms with van der Waals surface area (Å²) in [4.78, 5) is 12.3. The summed E-state index contributed by atoms with van der Waals surface area (Å²) in [6.45, 7) is 4.06. The molecule has 24 heavy (non-hydrogen) atoms. The molecule has 0 aromatic heterocycles. The van der Waals surface area contributed by atoms with Crippen LogP contribution >= 0.6 is 0 Å². The average Bonchev–Trinajstić information content (AvgIpc) is 2.61. The van der Waals surface area contributed by atoms with E-state index in [0.29, 0.717) is 11.5 Å². The van der Waals surface area contributed by atoms with E-state index in [2.05, 4.69) is 12.2 Å². The van der Waals surface area contributed by atoms with Crippen molar-refractivity contribution in [1.82, 2.24) is 0 Å². The SMILES string of the molecule is CCc1cccc(C)c1NC(=O)C=Cc1c(OC)cccc1OC. The lowest BCUT2D eigenvalue weighted by Crippen LogP contribution is -2.11. The topological polar surface area (TPSA) is 47.6 Å². The number of amides is 1. The van der Waals surface area contributed by atoms with E-state index in [-0.39, 0.29) is 5.91 Å². The predicted octanol–water partition coefficient (Wildman–Crippen LogP) is 4.23. The molecule has 1 N–H and O–H groups in total. The molecule has 0 saturated heterocycles. The van der Waals surface area contributed by atoms with Crippen molar-refractivity contribution < 1.29 is 14.3 Å². The van der Waals surface area contributed by atoms with Gasteiger partial charge in [-0.2, -0.15) is 0 Å². The molecule has 0 fully saturated rings. The third kappa shape index (κ3) is 3.96. The van der Waals surface area contributed by atoms with Gasteiger partial charge in [0.15, 0.2) is 0 Å². The first-order valence-corrected chi connectivity index (χ1v) is 7.89. The zero-order chi connectivity index (χ0) is 17.5. The number of anilines is 1. The summed E-state index contributed by atoms with van der Waals surface area (Å²) < 4.78 is 10.7. The van der Waals surface area contributed by atoms with E-state index in [1.807, 2.05) is 43.3 Å². The van der Waals surface area contributed by atoms with Gasteiger partial charge in [0.2, 0.25) is 5.91 Å². The average molecular weight is 325 g/mol. The molecule has 126 valence electrons. The second-order valence-corrected chi connectivity index (χ2v) is 5.36. The number of nitrogens with one attached hydrogen (secondary N) is 1. The van der Waals surface area contributed by atoms with Gasteiger partial charge in [-0.3, -0.25) is 4.79 Å². The van der Waals surface area contributed by atoms with Gasteiger partial charge < -0.3 is 14.8 Å². The standard InChI is InChI=1S/C20H23NO3/c1-5-15-9-6-8-14(2)20(15)21-19(22)13-12-16-17(23-3)10-7-11-18(16)24-4/h6-13H,5H2,1-4H3,(H,21,22). The number of hydrogen-bond donors (Lipinski definition) is 1. The van der Waals surface area contributed by atoms with Crippen molar-refractivity contribution in [3.63, 3.8) is 0 Å². The molecule has 0 spiro atoms. The molecule has 0 radical (unpaired) electrons. The van der Waals surface area contributed by atoms with Crippen molar-refractivity contribution >= 4 is 17.7 Å². The highest BCUT2D eigenvalue weighted by molar-refractivity contribution is 6.03. The quantitative estimate of drug-likeness (QED) is 0.809. The van der Waals surface area contributed by atoms with Crippen LogP contribution in [0.5, 0.6) is 11.5 Å². The maximum atomic E-state index is 12.3. The Bertz CT molecular complexity index is 728. The Hall–Kier alpha value is -2.75. The minimum Gasteiger partial charge on any atom is -0.496 e. The van der Waals surface area contributed by atoms with Crippen LogP contribution < -0.4 is 14.8 Å². The fourth-order valence-corrected chi connectivity index (χ4v) is 2.57. The van der Waals surface area contributed by atoms with Gasteiger partial charge >= 0.3 is 0 Å². The number of carbonyl (C=O) groups excluding carboxylic acids is 1. The van der Waals surface area contributed by atoms with Crippen molar-refractivity contribution in [3.05, 3.63) is 59.2 Å². The molecule has 4 nitrogen and oxygen atoms in total. The molecule has 1 amide bonds. The summed E-state index contributed by atoms with van der Waals surface area (Å²) in [5.74, 6) is 1.12. The number of hydrogen-bond acceptors (Lipinski definition) is 3. The van der Waals surface area contributed by atoms with Crippen LogP contribution in [0.15, 0.2) is 42.5 Å². The Morgan fingerprint density at radius 3 is 2.29 bits per heavy atom. The molecule has 0 aliphatic heterocycles. The van der Waals surface area contributed by atoms with Crippen LogP contribution in [-0.2, 0) is 11.2 Å². The van der Waals surface area contributed by atoms with E-state index in [0.717, 1.165) is 28.8 Å². The summed E-state index contributed by atoms with van der Waals surface area (Å²) in [7, 11) is 3.18. The summed E-state index contributed by atoms with van der Waals surface area (Å²) in [6, 6.07) is 11.5. The van der Waals surface area contributed by atoms with Crippen molar-refractivity contribution in [2.24, 2.45) is 0 Å². The van der Waals surface area contributed by atoms with Crippen molar-refractivity contribution in [1.29, 1.82) is 0 Å². The van der Waals surface area contributed by atoms with Crippen molar-refractivity contribution in [2.45, 2.75) is 20.3 Å². The van der Waals surface area contributed by atoms with Gasteiger partial charge in [-0.25, -0.2) is 0 Å². The minimum absolute atomic E-state index is 0.188. The molecule has 4 heteroatoms. The summed E-state index contributed by atoms with van der Waals surface area (Å²) in [5, 5.41) is 2.97. The molecule has 2 aromatic carbocycles. The van der Waals surface area contributed by atoms with Gasteiger partial charge in [-0.15, -0.1) is 0 Å². The number of benzene rings is 2. The minimum atomic E-state index is -0.188. The molecule has 0 heterocycles. The van der Waals surface area contributed by atoms with E-state index in [1.54, 1.807) is 20.3 Å². The molecule has 0 unspecified atom stereocenters. The Morgan fingerprint density at radius 2 is 1.71 bits per heavy atom. The predicted molar refractivity (Wildman–Crippen MR) is 97.8 cm³/mol. The number of ether oxygens (including phenoxy) is 2. The van der Waals surface area contributed by atoms with Gasteiger partial charge in [0.25, 0.3) is 0 Å². The smallest absolute Gasteiger partial charge is 0.248 e. The van der Waals surface area contributed by atoms with Gasteiger partial charge in [-0.05, 0) is 42.7 Å². The van der Waals surface area contributed by atoms with Crippen LogP contribution in [-0.4, -0.2) is 20.1 Å². The highest BCUT2D eigenvalue weighted by Crippen LogP contribution is 2.29. The van der Waals surface area contributed by atoms with Crippen molar-refractivity contribution in [3.8, 4) is 11.5 Å². The monoisotopic (exact) mass is 325 g/mol. The second-order valence-electron chi connectivity index (χ2n) is 5.36. The Balaban J connectivity index is 2.24. The molecule has 2 aromatic rings. The largest absolute Gasteiger partial charge is 0.496 e. The van der Waals surface area contributed by atoms with E-state index in [4.69, 9.17) is 9.47 Å². The lowest BCUT2D eigenvalue weighted by atomic mass is 10.1. The Kier molecular flexibility index (Phi) is 6.01. The van der Waals surface area contributed by atoms with E-state index in [9.17, 15) is 4.79 Å². The Morgan fingerprint density at radius 1 is 1.08 bits per heavy atom. The van der Waals surface area contributed by atoms with E-state index >= 15 is 0 Å². The normalized spacial score (nSPS) is 10.7. The van der Waals surface area contributed by atoms with Gasteiger partial charge in [0.1, 0.15) is 11.5 Å². The summed E-state index contributed by atoms with van der Waals surface area (Å²) in [6.07, 6.45) is 4.06. The zero-order valence-electron chi connectivity index (χ0n) is 14.6. The van der Waals surface area contributed by atoms with E-state index in [1.165, 1.54) is 6.08 Å². The summed E-state index contributed by atoms with van der Waals surface area (Å²) in [5.41, 5.74) is 3.78. The van der Waals surface area contributed by atoms with Crippen LogP contribution in [0.25, 0.3) is 6.08 Å². The first-order chi connectivity index (χ1) is 11.6. The number of aryl methyl sites for hydroxylation is 2. The molecule has 0 saturated carbocycles. The van der Waals surface area contributed by atoms with Crippen LogP contribution in [0.4, 0.5) is 5.69 Å². The van der Waals surface area contributed by atoms with Crippen LogP contribution in [0.1, 0.15) is 23.6 Å². The second kappa shape index (κ2) is 8.20. The molecule has 0 aliphatic carbocycles. The molecule has 0 atom stereocenters. The number of para-hydroxylation sites is 1. The molecule has 0 aliphatic rings. The van der Waals surface area contributed by atoms with Gasteiger partial charge in [0.05, 0.1) is 19.8 Å². The lowest BCUT2D eigenvalue weighted by Gasteiger charge is -2.12. The van der Waals surface area contributed by atoms with Gasteiger partial charge in [0, 0.05) is 11.8 Å². The third-order valence-electron chi connectivity index (χ3n) is 3.86. The first kappa shape index (κ1) is 17.6. The number of carbonyl (C=O) groups is 1. The van der Waals surface area contributed by atoms with Gasteiger partial charge in [-0.1, -0.05) is 31.2 Å². The number of methoxy groups -OCH3 is 2. The van der Waals surface area contributed by atoms with Crippen LogP contribution in [0.3, 0.4) is 0 Å². The first-order valence-electron chi connectivity index (χ1n) is 7.89. The highest BCUT2D eigenvalue weighted by atomic mass is 16.5. The molecular formula is C20H23NO3. The fourth-order valence-electron chi connectivity index (χ4n) is 2.57. The highest BCUT2D eigenvalue weighted by Gasteiger charge is 2.09. The third-order valence-corrected chi connectivity index (χ3v) is 3.86. The zero-order valence-corrected chi connectivity index (χ0v) is 14.6. The Labute approximate surface area is 143 Å².